The summed E-state index contributed by atoms with van der Waals surface area (Å²) in [4.78, 5) is 18.6. The Morgan fingerprint density at radius 1 is 1.44 bits per heavy atom. The summed E-state index contributed by atoms with van der Waals surface area (Å²) < 4.78 is 26.1. The number of rotatable bonds is 4. The highest BCUT2D eigenvalue weighted by Crippen LogP contribution is 2.44. The standard InChI is InChI=1S/C18H22FN3O3/c1-22-16(23)13-6-7-24-10-18(13,21-17(22)20)14-8-12(4-5-15(14)19)25-9-11-2-3-11/h4-5,8,11,13H,2-3,6-7,9-10H2,1H3,(H2,20,21). The number of halogens is 1. The zero-order valence-electron chi connectivity index (χ0n) is 14.2. The summed E-state index contributed by atoms with van der Waals surface area (Å²) in [6, 6.07) is 4.63. The van der Waals surface area contributed by atoms with Crippen LogP contribution in [0.4, 0.5) is 4.39 Å². The number of fused-ring (bicyclic) bond motifs is 1. The molecule has 0 spiro atoms. The van der Waals surface area contributed by atoms with Crippen LogP contribution in [0, 0.1) is 17.7 Å². The molecule has 1 aliphatic carbocycles. The molecule has 1 aromatic rings. The Hall–Kier alpha value is -2.15. The molecule has 3 aliphatic rings. The smallest absolute Gasteiger partial charge is 0.235 e. The number of carbonyl (C=O) groups excluding carboxylic acids is 1. The van der Waals surface area contributed by atoms with E-state index in [1.54, 1.807) is 19.2 Å². The lowest BCUT2D eigenvalue weighted by Gasteiger charge is -2.45. The summed E-state index contributed by atoms with van der Waals surface area (Å²) in [6.45, 7) is 1.20. The molecule has 1 saturated heterocycles. The minimum absolute atomic E-state index is 0.0791. The summed E-state index contributed by atoms with van der Waals surface area (Å²) in [5.41, 5.74) is 5.12. The van der Waals surface area contributed by atoms with Crippen molar-refractivity contribution in [1.29, 1.82) is 0 Å². The quantitative estimate of drug-likeness (QED) is 0.898. The molecule has 2 unspecified atom stereocenters. The van der Waals surface area contributed by atoms with Crippen molar-refractivity contribution < 1.29 is 18.7 Å². The van der Waals surface area contributed by atoms with E-state index < -0.39 is 17.3 Å². The van der Waals surface area contributed by atoms with Gasteiger partial charge in [0.2, 0.25) is 5.91 Å². The van der Waals surface area contributed by atoms with E-state index in [1.165, 1.54) is 23.8 Å². The Morgan fingerprint density at radius 3 is 3.00 bits per heavy atom. The van der Waals surface area contributed by atoms with Crippen molar-refractivity contribution in [3.8, 4) is 5.75 Å². The van der Waals surface area contributed by atoms with Gasteiger partial charge in [-0.05, 0) is 43.4 Å². The zero-order chi connectivity index (χ0) is 17.6. The van der Waals surface area contributed by atoms with Crippen LogP contribution >= 0.6 is 0 Å². The van der Waals surface area contributed by atoms with Crippen molar-refractivity contribution in [3.63, 3.8) is 0 Å². The molecule has 7 heteroatoms. The number of aliphatic imine (C=N–C) groups is 1. The molecular formula is C18H22FN3O3. The number of carbonyl (C=O) groups is 1. The number of benzene rings is 1. The van der Waals surface area contributed by atoms with Crippen LogP contribution in [0.15, 0.2) is 23.2 Å². The molecule has 0 bridgehead atoms. The first-order valence-electron chi connectivity index (χ1n) is 8.65. The Kier molecular flexibility index (Phi) is 3.91. The molecule has 0 aromatic heterocycles. The van der Waals surface area contributed by atoms with Gasteiger partial charge >= 0.3 is 0 Å². The number of guanidine groups is 1. The molecule has 25 heavy (non-hydrogen) atoms. The normalized spacial score (nSPS) is 29.2. The third kappa shape index (κ3) is 2.76. The first kappa shape index (κ1) is 16.3. The van der Waals surface area contributed by atoms with E-state index in [0.29, 0.717) is 36.9 Å². The summed E-state index contributed by atoms with van der Waals surface area (Å²) >= 11 is 0. The molecule has 1 aromatic carbocycles. The molecule has 1 saturated carbocycles. The van der Waals surface area contributed by atoms with E-state index >= 15 is 0 Å². The fourth-order valence-electron chi connectivity index (χ4n) is 3.58. The van der Waals surface area contributed by atoms with Gasteiger partial charge in [-0.15, -0.1) is 0 Å². The maximum atomic E-state index is 14.7. The molecule has 2 fully saturated rings. The highest BCUT2D eigenvalue weighted by atomic mass is 19.1. The summed E-state index contributed by atoms with van der Waals surface area (Å²) in [7, 11) is 1.59. The SMILES string of the molecule is CN1C(=O)C2CCOCC2(c2cc(OCC3CC3)ccc2F)N=C1N. The second-order valence-corrected chi connectivity index (χ2v) is 7.08. The Balaban J connectivity index is 1.76. The van der Waals surface area contributed by atoms with Gasteiger partial charge in [-0.1, -0.05) is 0 Å². The number of hydrogen-bond acceptors (Lipinski definition) is 5. The Morgan fingerprint density at radius 2 is 2.24 bits per heavy atom. The van der Waals surface area contributed by atoms with Crippen molar-refractivity contribution in [3.05, 3.63) is 29.6 Å². The van der Waals surface area contributed by atoms with Crippen LogP contribution in [-0.2, 0) is 15.1 Å². The van der Waals surface area contributed by atoms with Crippen LogP contribution in [0.5, 0.6) is 5.75 Å². The maximum Gasteiger partial charge on any atom is 0.235 e. The van der Waals surface area contributed by atoms with Gasteiger partial charge in [0.15, 0.2) is 5.96 Å². The van der Waals surface area contributed by atoms with Crippen LogP contribution in [0.1, 0.15) is 24.8 Å². The molecule has 0 radical (unpaired) electrons. The lowest BCUT2D eigenvalue weighted by Crippen LogP contribution is -2.58. The second kappa shape index (κ2) is 5.98. The molecule has 2 N–H and O–H groups in total. The third-order valence-electron chi connectivity index (χ3n) is 5.32. The summed E-state index contributed by atoms with van der Waals surface area (Å²) in [6.07, 6.45) is 2.83. The molecule has 2 aliphatic heterocycles. The fourth-order valence-corrected chi connectivity index (χ4v) is 3.58. The fraction of sp³-hybridized carbons (Fsp3) is 0.556. The number of amides is 1. The van der Waals surface area contributed by atoms with Gasteiger partial charge in [0.25, 0.3) is 0 Å². The zero-order valence-corrected chi connectivity index (χ0v) is 14.2. The van der Waals surface area contributed by atoms with Gasteiger partial charge in [0.05, 0.1) is 19.1 Å². The van der Waals surface area contributed by atoms with Crippen molar-refractivity contribution in [2.24, 2.45) is 22.6 Å². The number of nitrogens with two attached hydrogens (primary N) is 1. The number of ether oxygens (including phenoxy) is 2. The third-order valence-corrected chi connectivity index (χ3v) is 5.32. The predicted octanol–water partition coefficient (Wildman–Crippen LogP) is 1.63. The largest absolute Gasteiger partial charge is 0.493 e. The summed E-state index contributed by atoms with van der Waals surface area (Å²) in [5, 5.41) is 0. The van der Waals surface area contributed by atoms with Gasteiger partial charge in [0, 0.05) is 19.2 Å². The Labute approximate surface area is 145 Å². The first-order chi connectivity index (χ1) is 12.0. The molecular weight excluding hydrogens is 325 g/mol. The molecule has 1 amide bonds. The van der Waals surface area contributed by atoms with Crippen LogP contribution in [-0.4, -0.2) is 43.6 Å². The van der Waals surface area contributed by atoms with E-state index in [1.807, 2.05) is 0 Å². The van der Waals surface area contributed by atoms with Crippen molar-refractivity contribution >= 4 is 11.9 Å². The summed E-state index contributed by atoms with van der Waals surface area (Å²) in [5.74, 6) is 0.183. The predicted molar refractivity (Wildman–Crippen MR) is 89.6 cm³/mol. The van der Waals surface area contributed by atoms with E-state index in [2.05, 4.69) is 4.99 Å². The first-order valence-corrected chi connectivity index (χ1v) is 8.65. The van der Waals surface area contributed by atoms with E-state index in [4.69, 9.17) is 15.2 Å². The molecule has 2 atom stereocenters. The highest BCUT2D eigenvalue weighted by molar-refractivity contribution is 6.00. The van der Waals surface area contributed by atoms with Crippen LogP contribution in [0.2, 0.25) is 0 Å². The van der Waals surface area contributed by atoms with Crippen molar-refractivity contribution in [1.82, 2.24) is 4.90 Å². The molecule has 134 valence electrons. The Bertz CT molecular complexity index is 734. The van der Waals surface area contributed by atoms with Crippen LogP contribution < -0.4 is 10.5 Å². The number of nitrogens with zero attached hydrogens (tertiary/aromatic N) is 2. The van der Waals surface area contributed by atoms with Crippen LogP contribution in [0.25, 0.3) is 0 Å². The highest BCUT2D eigenvalue weighted by Gasteiger charge is 2.52. The topological polar surface area (TPSA) is 77.2 Å². The van der Waals surface area contributed by atoms with Crippen molar-refractivity contribution in [2.45, 2.75) is 24.8 Å². The van der Waals surface area contributed by atoms with Gasteiger partial charge in [-0.25, -0.2) is 9.38 Å². The van der Waals surface area contributed by atoms with E-state index in [-0.39, 0.29) is 18.5 Å². The molecule has 4 rings (SSSR count). The van der Waals surface area contributed by atoms with Gasteiger partial charge in [0.1, 0.15) is 17.1 Å². The van der Waals surface area contributed by atoms with Gasteiger partial charge in [-0.3, -0.25) is 9.69 Å². The lowest BCUT2D eigenvalue weighted by atomic mass is 9.74. The minimum Gasteiger partial charge on any atom is -0.493 e. The average molecular weight is 347 g/mol. The van der Waals surface area contributed by atoms with E-state index in [9.17, 15) is 9.18 Å². The van der Waals surface area contributed by atoms with Crippen LogP contribution in [0.3, 0.4) is 0 Å². The lowest BCUT2D eigenvalue weighted by molar-refractivity contribution is -0.140. The van der Waals surface area contributed by atoms with Crippen molar-refractivity contribution in [2.75, 3.05) is 26.9 Å². The average Bonchev–Trinajstić information content (AvgIpc) is 3.43. The van der Waals surface area contributed by atoms with Gasteiger partial charge in [-0.2, -0.15) is 0 Å². The van der Waals surface area contributed by atoms with E-state index in [0.717, 1.165) is 0 Å². The second-order valence-electron chi connectivity index (χ2n) is 7.08. The minimum atomic E-state index is -1.13. The van der Waals surface area contributed by atoms with Gasteiger partial charge < -0.3 is 15.2 Å². The molecule has 6 nitrogen and oxygen atoms in total. The number of hydrogen-bond donors (Lipinski definition) is 1. The molecule has 2 heterocycles. The maximum absolute atomic E-state index is 14.7. The monoisotopic (exact) mass is 347 g/mol.